The van der Waals surface area contributed by atoms with Crippen LogP contribution in [0.4, 0.5) is 0 Å². The molecule has 1 aliphatic rings. The van der Waals surface area contributed by atoms with Gasteiger partial charge in [0.05, 0.1) is 23.8 Å². The lowest BCUT2D eigenvalue weighted by Crippen LogP contribution is -2.04. The molecule has 0 radical (unpaired) electrons. The van der Waals surface area contributed by atoms with Gasteiger partial charge in [-0.05, 0) is 67.4 Å². The van der Waals surface area contributed by atoms with Crippen LogP contribution >= 0.6 is 0 Å². The fourth-order valence-corrected chi connectivity index (χ4v) is 3.69. The Kier molecular flexibility index (Phi) is 2.55. The first-order valence-electron chi connectivity index (χ1n) is 8.07. The first-order valence-corrected chi connectivity index (χ1v) is 8.07. The van der Waals surface area contributed by atoms with E-state index in [-0.39, 0.29) is 0 Å². The Morgan fingerprint density at radius 3 is 2.50 bits per heavy atom. The lowest BCUT2D eigenvalue weighted by molar-refractivity contribution is 0.415. The molecule has 0 amide bonds. The predicted molar refractivity (Wildman–Crippen MR) is 96.9 cm³/mol. The van der Waals surface area contributed by atoms with Crippen LogP contribution < -0.4 is 9.47 Å². The van der Waals surface area contributed by atoms with Crippen LogP contribution in [0.2, 0.25) is 0 Å². The molecule has 0 bridgehead atoms. The number of ether oxygens (including phenoxy) is 2. The van der Waals surface area contributed by atoms with Crippen molar-refractivity contribution in [3.63, 3.8) is 0 Å². The van der Waals surface area contributed by atoms with Crippen molar-refractivity contribution in [3.05, 3.63) is 59.7 Å². The molecular formula is C21H17NO2. The molecule has 3 aromatic carbocycles. The number of aromatic nitrogens is 1. The molecule has 1 aliphatic heterocycles. The van der Waals surface area contributed by atoms with Gasteiger partial charge in [0.15, 0.2) is 11.5 Å². The van der Waals surface area contributed by atoms with Crippen molar-refractivity contribution in [2.75, 3.05) is 7.11 Å². The van der Waals surface area contributed by atoms with E-state index >= 15 is 0 Å². The van der Waals surface area contributed by atoms with Crippen LogP contribution in [-0.2, 0) is 0 Å². The third-order valence-electron chi connectivity index (χ3n) is 4.75. The molecule has 0 atom stereocenters. The van der Waals surface area contributed by atoms with Gasteiger partial charge in [0.2, 0.25) is 0 Å². The van der Waals surface area contributed by atoms with Gasteiger partial charge in [0, 0.05) is 10.8 Å². The number of rotatable bonds is 1. The molecule has 1 aromatic heterocycles. The summed E-state index contributed by atoms with van der Waals surface area (Å²) in [7, 11) is 1.70. The normalized spacial score (nSPS) is 12.3. The number of benzene rings is 3. The zero-order valence-corrected chi connectivity index (χ0v) is 13.9. The number of methoxy groups -OCH3 is 1. The van der Waals surface area contributed by atoms with Crippen LogP contribution in [0, 0.1) is 13.8 Å². The SMILES string of the molecule is COc1ccc2c(c1)c1cc(C)cc3c1n2-c1ccc(C)cc1O3. The molecule has 0 aliphatic carbocycles. The van der Waals surface area contributed by atoms with Crippen LogP contribution in [-0.4, -0.2) is 11.7 Å². The lowest BCUT2D eigenvalue weighted by Gasteiger charge is -2.21. The molecule has 0 saturated carbocycles. The monoisotopic (exact) mass is 315 g/mol. The van der Waals surface area contributed by atoms with E-state index in [2.05, 4.69) is 60.9 Å². The Morgan fingerprint density at radius 2 is 1.67 bits per heavy atom. The Hall–Kier alpha value is -2.94. The van der Waals surface area contributed by atoms with E-state index in [0.29, 0.717) is 0 Å². The highest BCUT2D eigenvalue weighted by molar-refractivity contribution is 6.12. The third kappa shape index (κ3) is 1.67. The van der Waals surface area contributed by atoms with Crippen LogP contribution in [0.5, 0.6) is 17.2 Å². The molecule has 24 heavy (non-hydrogen) atoms. The molecule has 3 heteroatoms. The maximum atomic E-state index is 6.25. The second-order valence-corrected chi connectivity index (χ2v) is 6.45. The van der Waals surface area contributed by atoms with E-state index in [1.807, 2.05) is 6.07 Å². The van der Waals surface area contributed by atoms with E-state index < -0.39 is 0 Å². The van der Waals surface area contributed by atoms with Crippen molar-refractivity contribution in [1.82, 2.24) is 4.57 Å². The Balaban J connectivity index is 2.01. The Morgan fingerprint density at radius 1 is 0.833 bits per heavy atom. The van der Waals surface area contributed by atoms with Gasteiger partial charge < -0.3 is 14.0 Å². The minimum atomic E-state index is 0.869. The summed E-state index contributed by atoms with van der Waals surface area (Å²) < 4.78 is 14.0. The first kappa shape index (κ1) is 13.5. The van der Waals surface area contributed by atoms with E-state index in [0.717, 1.165) is 28.5 Å². The topological polar surface area (TPSA) is 23.4 Å². The van der Waals surface area contributed by atoms with Gasteiger partial charge >= 0.3 is 0 Å². The average molecular weight is 315 g/mol. The summed E-state index contributed by atoms with van der Waals surface area (Å²) in [5.41, 5.74) is 5.77. The van der Waals surface area contributed by atoms with Gasteiger partial charge in [-0.3, -0.25) is 0 Å². The number of hydrogen-bond acceptors (Lipinski definition) is 2. The summed E-state index contributed by atoms with van der Waals surface area (Å²) in [4.78, 5) is 0. The molecule has 4 aromatic rings. The molecule has 0 unspecified atom stereocenters. The van der Waals surface area contributed by atoms with Gasteiger partial charge in [-0.15, -0.1) is 0 Å². The summed E-state index contributed by atoms with van der Waals surface area (Å²) >= 11 is 0. The van der Waals surface area contributed by atoms with Crippen LogP contribution in [0.15, 0.2) is 48.5 Å². The number of nitrogens with zero attached hydrogens (tertiary/aromatic N) is 1. The summed E-state index contributed by atoms with van der Waals surface area (Å²) in [6.07, 6.45) is 0. The molecule has 0 spiro atoms. The van der Waals surface area contributed by atoms with Gasteiger partial charge in [-0.1, -0.05) is 6.07 Å². The fourth-order valence-electron chi connectivity index (χ4n) is 3.69. The Labute approximate surface area is 140 Å². The zero-order chi connectivity index (χ0) is 16.4. The molecule has 0 fully saturated rings. The molecule has 5 rings (SSSR count). The van der Waals surface area contributed by atoms with Crippen molar-refractivity contribution >= 4 is 21.8 Å². The van der Waals surface area contributed by atoms with Crippen molar-refractivity contribution in [2.45, 2.75) is 13.8 Å². The fraction of sp³-hybridized carbons (Fsp3) is 0.143. The molecule has 2 heterocycles. The number of hydrogen-bond donors (Lipinski definition) is 0. The minimum Gasteiger partial charge on any atom is -0.497 e. The highest BCUT2D eigenvalue weighted by Gasteiger charge is 2.24. The van der Waals surface area contributed by atoms with Gasteiger partial charge in [0.1, 0.15) is 5.75 Å². The van der Waals surface area contributed by atoms with E-state index in [4.69, 9.17) is 9.47 Å². The summed E-state index contributed by atoms with van der Waals surface area (Å²) in [5, 5.41) is 2.39. The molecule has 118 valence electrons. The maximum absolute atomic E-state index is 6.25. The van der Waals surface area contributed by atoms with E-state index in [1.165, 1.54) is 27.4 Å². The summed E-state index contributed by atoms with van der Waals surface area (Å²) in [5.74, 6) is 2.69. The minimum absolute atomic E-state index is 0.869. The van der Waals surface area contributed by atoms with Crippen molar-refractivity contribution in [1.29, 1.82) is 0 Å². The number of aryl methyl sites for hydroxylation is 2. The summed E-state index contributed by atoms with van der Waals surface area (Å²) in [6.45, 7) is 4.19. The smallest absolute Gasteiger partial charge is 0.152 e. The van der Waals surface area contributed by atoms with Crippen molar-refractivity contribution < 1.29 is 9.47 Å². The highest BCUT2D eigenvalue weighted by atomic mass is 16.5. The van der Waals surface area contributed by atoms with Crippen molar-refractivity contribution in [3.8, 4) is 22.9 Å². The Bertz CT molecular complexity index is 1140. The molecule has 0 N–H and O–H groups in total. The van der Waals surface area contributed by atoms with Crippen LogP contribution in [0.3, 0.4) is 0 Å². The van der Waals surface area contributed by atoms with Crippen LogP contribution in [0.25, 0.3) is 27.5 Å². The second-order valence-electron chi connectivity index (χ2n) is 6.45. The number of fused-ring (bicyclic) bond motifs is 5. The van der Waals surface area contributed by atoms with Gasteiger partial charge in [-0.2, -0.15) is 0 Å². The van der Waals surface area contributed by atoms with Crippen LogP contribution in [0.1, 0.15) is 11.1 Å². The summed E-state index contributed by atoms with van der Waals surface area (Å²) in [6, 6.07) is 16.9. The second kappa shape index (κ2) is 4.54. The van der Waals surface area contributed by atoms with Gasteiger partial charge in [-0.25, -0.2) is 0 Å². The maximum Gasteiger partial charge on any atom is 0.152 e. The first-order chi connectivity index (χ1) is 11.7. The molecular weight excluding hydrogens is 298 g/mol. The quantitative estimate of drug-likeness (QED) is 0.407. The predicted octanol–water partition coefficient (Wildman–Crippen LogP) is 5.51. The van der Waals surface area contributed by atoms with E-state index in [1.54, 1.807) is 7.11 Å². The van der Waals surface area contributed by atoms with Gasteiger partial charge in [0.25, 0.3) is 0 Å². The zero-order valence-electron chi connectivity index (χ0n) is 13.9. The lowest BCUT2D eigenvalue weighted by atomic mass is 10.1. The third-order valence-corrected chi connectivity index (χ3v) is 4.75. The molecule has 3 nitrogen and oxygen atoms in total. The standard InChI is InChI=1S/C21H17NO2/c1-12-4-6-18-19(9-12)24-20-10-13(2)8-16-15-11-14(23-3)5-7-17(15)22(18)21(16)20/h4-11H,1-3H3. The largest absolute Gasteiger partial charge is 0.497 e. The van der Waals surface area contributed by atoms with Crippen molar-refractivity contribution in [2.24, 2.45) is 0 Å². The highest BCUT2D eigenvalue weighted by Crippen LogP contribution is 2.46. The average Bonchev–Trinajstić information content (AvgIpc) is 2.89. The van der Waals surface area contributed by atoms with E-state index in [9.17, 15) is 0 Å². The molecule has 0 saturated heterocycles.